The van der Waals surface area contributed by atoms with Crippen LogP contribution in [0.5, 0.6) is 5.75 Å². The fourth-order valence-electron chi connectivity index (χ4n) is 1.49. The number of anilines is 2. The quantitative estimate of drug-likeness (QED) is 0.873. The number of halogens is 2. The van der Waals surface area contributed by atoms with Gasteiger partial charge in [-0.15, -0.1) is 0 Å². The fraction of sp³-hybridized carbons (Fsp3) is 0.0769. The topological polar surface area (TPSA) is 57.9 Å². The minimum absolute atomic E-state index is 0.157. The van der Waals surface area contributed by atoms with Crippen LogP contribution in [0, 0.1) is 17.1 Å². The second kappa shape index (κ2) is 5.55. The first-order chi connectivity index (χ1) is 9.12. The van der Waals surface area contributed by atoms with Gasteiger partial charge in [0.25, 0.3) is 0 Å². The van der Waals surface area contributed by atoms with Gasteiger partial charge < -0.3 is 10.1 Å². The average molecular weight is 278 g/mol. The zero-order valence-corrected chi connectivity index (χ0v) is 10.7. The average Bonchev–Trinajstić information content (AvgIpc) is 2.40. The Morgan fingerprint density at radius 2 is 2.16 bits per heavy atom. The van der Waals surface area contributed by atoms with E-state index in [1.165, 1.54) is 37.4 Å². The normalized spacial score (nSPS) is 9.79. The van der Waals surface area contributed by atoms with E-state index in [1.807, 2.05) is 6.07 Å². The minimum Gasteiger partial charge on any atom is -0.497 e. The Bertz CT molecular complexity index is 655. The molecule has 6 heteroatoms. The number of nitrogens with zero attached hydrogens (tertiary/aromatic N) is 2. The first-order valence-corrected chi connectivity index (χ1v) is 5.68. The summed E-state index contributed by atoms with van der Waals surface area (Å²) in [6.45, 7) is 0. The molecule has 4 nitrogen and oxygen atoms in total. The van der Waals surface area contributed by atoms with Gasteiger partial charge in [-0.1, -0.05) is 11.6 Å². The summed E-state index contributed by atoms with van der Waals surface area (Å²) < 4.78 is 18.6. The van der Waals surface area contributed by atoms with E-state index in [4.69, 9.17) is 21.6 Å². The van der Waals surface area contributed by atoms with Crippen molar-refractivity contribution in [3.05, 3.63) is 46.9 Å². The van der Waals surface area contributed by atoms with Crippen molar-refractivity contribution in [3.8, 4) is 11.8 Å². The molecular formula is C13H9ClFN3O. The van der Waals surface area contributed by atoms with Crippen LogP contribution >= 0.6 is 11.6 Å². The Morgan fingerprint density at radius 1 is 1.37 bits per heavy atom. The number of benzene rings is 1. The molecule has 1 aromatic heterocycles. The largest absolute Gasteiger partial charge is 0.497 e. The van der Waals surface area contributed by atoms with E-state index in [-0.39, 0.29) is 16.7 Å². The van der Waals surface area contributed by atoms with Gasteiger partial charge in [-0.05, 0) is 24.3 Å². The van der Waals surface area contributed by atoms with Crippen LogP contribution in [-0.2, 0) is 0 Å². The van der Waals surface area contributed by atoms with Crippen molar-refractivity contribution in [1.82, 2.24) is 4.98 Å². The number of methoxy groups -OCH3 is 1. The van der Waals surface area contributed by atoms with Crippen LogP contribution < -0.4 is 10.1 Å². The maximum absolute atomic E-state index is 13.6. The second-order valence-electron chi connectivity index (χ2n) is 3.65. The van der Waals surface area contributed by atoms with Crippen LogP contribution in [0.3, 0.4) is 0 Å². The van der Waals surface area contributed by atoms with Crippen LogP contribution in [0.4, 0.5) is 15.9 Å². The Balaban J connectivity index is 2.36. The van der Waals surface area contributed by atoms with Crippen molar-refractivity contribution in [2.45, 2.75) is 0 Å². The summed E-state index contributed by atoms with van der Waals surface area (Å²) in [5, 5.41) is 11.7. The summed E-state index contributed by atoms with van der Waals surface area (Å²) >= 11 is 5.77. The third-order valence-electron chi connectivity index (χ3n) is 2.36. The van der Waals surface area contributed by atoms with Gasteiger partial charge in [0.15, 0.2) is 0 Å². The lowest BCUT2D eigenvalue weighted by Crippen LogP contribution is -1.98. The predicted octanol–water partition coefficient (Wildman–Crippen LogP) is 3.50. The van der Waals surface area contributed by atoms with Gasteiger partial charge in [-0.25, -0.2) is 9.37 Å². The predicted molar refractivity (Wildman–Crippen MR) is 70.2 cm³/mol. The summed E-state index contributed by atoms with van der Waals surface area (Å²) in [5.74, 6) is 0.337. The summed E-state index contributed by atoms with van der Waals surface area (Å²) in [7, 11) is 1.49. The molecule has 0 saturated carbocycles. The summed E-state index contributed by atoms with van der Waals surface area (Å²) in [6.07, 6.45) is 0. The van der Waals surface area contributed by atoms with Crippen LogP contribution in [0.25, 0.3) is 0 Å². The van der Waals surface area contributed by atoms with Gasteiger partial charge in [0, 0.05) is 6.07 Å². The van der Waals surface area contributed by atoms with Crippen LogP contribution in [0.15, 0.2) is 30.3 Å². The van der Waals surface area contributed by atoms with Crippen molar-refractivity contribution in [3.63, 3.8) is 0 Å². The molecule has 0 radical (unpaired) electrons. The van der Waals surface area contributed by atoms with E-state index in [0.29, 0.717) is 11.3 Å². The summed E-state index contributed by atoms with van der Waals surface area (Å²) in [4.78, 5) is 3.97. The number of hydrogen-bond acceptors (Lipinski definition) is 4. The molecule has 1 heterocycles. The van der Waals surface area contributed by atoms with Crippen LogP contribution in [-0.4, -0.2) is 12.1 Å². The zero-order chi connectivity index (χ0) is 13.8. The van der Waals surface area contributed by atoms with E-state index in [0.717, 1.165) is 0 Å². The molecule has 0 atom stereocenters. The van der Waals surface area contributed by atoms with Crippen LogP contribution in [0.2, 0.25) is 5.15 Å². The lowest BCUT2D eigenvalue weighted by molar-refractivity contribution is 0.414. The molecule has 0 aliphatic rings. The molecule has 0 saturated heterocycles. The van der Waals surface area contributed by atoms with Gasteiger partial charge in [0.1, 0.15) is 22.5 Å². The Labute approximate surface area is 114 Å². The number of rotatable bonds is 3. The fourth-order valence-corrected chi connectivity index (χ4v) is 1.70. The number of nitrogens with one attached hydrogen (secondary N) is 1. The smallest absolute Gasteiger partial charge is 0.146 e. The Kier molecular flexibility index (Phi) is 3.83. The molecule has 0 spiro atoms. The molecule has 19 heavy (non-hydrogen) atoms. The highest BCUT2D eigenvalue weighted by atomic mass is 35.5. The first-order valence-electron chi connectivity index (χ1n) is 5.30. The van der Waals surface area contributed by atoms with E-state index in [2.05, 4.69) is 10.3 Å². The van der Waals surface area contributed by atoms with Crippen LogP contribution in [0.1, 0.15) is 5.56 Å². The molecule has 96 valence electrons. The second-order valence-corrected chi connectivity index (χ2v) is 4.03. The lowest BCUT2D eigenvalue weighted by Gasteiger charge is -2.09. The van der Waals surface area contributed by atoms with Crippen molar-refractivity contribution in [2.24, 2.45) is 0 Å². The summed E-state index contributed by atoms with van der Waals surface area (Å²) in [6, 6.07) is 9.12. The van der Waals surface area contributed by atoms with E-state index >= 15 is 0 Å². The number of hydrogen-bond donors (Lipinski definition) is 1. The van der Waals surface area contributed by atoms with Gasteiger partial charge in [-0.3, -0.25) is 0 Å². The van der Waals surface area contributed by atoms with Gasteiger partial charge >= 0.3 is 0 Å². The molecule has 0 fully saturated rings. The number of ether oxygens (including phenoxy) is 1. The first kappa shape index (κ1) is 13.1. The van der Waals surface area contributed by atoms with Gasteiger partial charge in [0.05, 0.1) is 24.4 Å². The lowest BCUT2D eigenvalue weighted by atomic mass is 10.2. The highest BCUT2D eigenvalue weighted by Crippen LogP contribution is 2.25. The minimum atomic E-state index is -0.457. The van der Waals surface area contributed by atoms with E-state index in [1.54, 1.807) is 0 Å². The van der Waals surface area contributed by atoms with Gasteiger partial charge in [-0.2, -0.15) is 5.26 Å². The maximum Gasteiger partial charge on any atom is 0.146 e. The molecule has 1 aromatic carbocycles. The van der Waals surface area contributed by atoms with E-state index in [9.17, 15) is 4.39 Å². The Hall–Kier alpha value is -2.32. The van der Waals surface area contributed by atoms with Crippen molar-refractivity contribution < 1.29 is 9.13 Å². The molecule has 0 aliphatic carbocycles. The van der Waals surface area contributed by atoms with Crippen molar-refractivity contribution in [1.29, 1.82) is 5.26 Å². The highest BCUT2D eigenvalue weighted by Gasteiger charge is 2.07. The third-order valence-corrected chi connectivity index (χ3v) is 2.55. The van der Waals surface area contributed by atoms with Crippen molar-refractivity contribution in [2.75, 3.05) is 12.4 Å². The highest BCUT2D eigenvalue weighted by molar-refractivity contribution is 6.29. The molecular weight excluding hydrogens is 269 g/mol. The molecule has 0 amide bonds. The summed E-state index contributed by atoms with van der Waals surface area (Å²) in [5.41, 5.74) is 0.531. The maximum atomic E-state index is 13.6. The number of pyridine rings is 1. The molecule has 1 N–H and O–H groups in total. The SMILES string of the molecule is COc1ccc(F)c(Nc2cc(C#N)cc(Cl)n2)c1. The van der Waals surface area contributed by atoms with E-state index < -0.39 is 5.82 Å². The molecule has 0 bridgehead atoms. The third kappa shape index (κ3) is 3.12. The molecule has 2 aromatic rings. The number of nitriles is 1. The molecule has 0 aliphatic heterocycles. The number of aromatic nitrogens is 1. The van der Waals surface area contributed by atoms with Gasteiger partial charge in [0.2, 0.25) is 0 Å². The standard InChI is InChI=1S/C13H9ClFN3O/c1-19-9-2-3-10(15)11(6-9)17-13-5-8(7-16)4-12(14)18-13/h2-6H,1H3,(H,17,18). The monoisotopic (exact) mass is 277 g/mol. The Morgan fingerprint density at radius 3 is 2.84 bits per heavy atom. The molecule has 0 unspecified atom stereocenters. The molecule has 2 rings (SSSR count). The van der Waals surface area contributed by atoms with Crippen molar-refractivity contribution >= 4 is 23.1 Å². The zero-order valence-electron chi connectivity index (χ0n) is 9.95.